The van der Waals surface area contributed by atoms with E-state index in [1.165, 1.54) is 4.90 Å². The number of carbonyl (C=O) groups excluding carboxylic acids is 2. The van der Waals surface area contributed by atoms with Gasteiger partial charge in [0.15, 0.2) is 0 Å². The van der Waals surface area contributed by atoms with Gasteiger partial charge in [-0.2, -0.15) is 0 Å². The minimum absolute atomic E-state index is 0.168. The predicted molar refractivity (Wildman–Crippen MR) is 67.0 cm³/mol. The lowest BCUT2D eigenvalue weighted by atomic mass is 10.1. The Hall–Kier alpha value is -1.84. The lowest BCUT2D eigenvalue weighted by Gasteiger charge is -2.21. The normalized spacial score (nSPS) is 20.7. The number of ether oxygens (including phenoxy) is 1. The van der Waals surface area contributed by atoms with Gasteiger partial charge < -0.3 is 4.74 Å². The molecule has 2 atom stereocenters. The van der Waals surface area contributed by atoms with Gasteiger partial charge in [0.2, 0.25) is 5.91 Å². The maximum Gasteiger partial charge on any atom is 0.416 e. The van der Waals surface area contributed by atoms with Crippen LogP contribution in [0.4, 0.5) is 4.79 Å². The van der Waals surface area contributed by atoms with E-state index < -0.39 is 6.09 Å². The topological polar surface area (TPSA) is 46.6 Å². The number of cyclic esters (lactones) is 1. The summed E-state index contributed by atoms with van der Waals surface area (Å²) >= 11 is 0. The SMILES string of the molecule is C[C@H]([13CH3])C(=O)N1C(=O)OC[C@@H]1Cc1ccccc1. The van der Waals surface area contributed by atoms with E-state index in [1.807, 2.05) is 30.3 Å². The standard InChI is InChI=1S/C14H17NO3/c1-10(2)13(16)15-12(9-18-14(15)17)8-11-6-4-3-5-7-11/h3-7,10,12H,8-9H2,1-2H3/t12-/m0/s1/i1+1/t10-,12-. The first-order valence-corrected chi connectivity index (χ1v) is 6.13. The summed E-state index contributed by atoms with van der Waals surface area (Å²) in [5.74, 6) is -0.368. The first kappa shape index (κ1) is 12.6. The minimum Gasteiger partial charge on any atom is -0.447 e. The van der Waals surface area contributed by atoms with E-state index in [9.17, 15) is 9.59 Å². The van der Waals surface area contributed by atoms with Gasteiger partial charge >= 0.3 is 6.09 Å². The molecule has 1 aromatic carbocycles. The fraction of sp³-hybridized carbons (Fsp3) is 0.429. The average molecular weight is 248 g/mol. The first-order valence-electron chi connectivity index (χ1n) is 6.13. The quantitative estimate of drug-likeness (QED) is 0.771. The van der Waals surface area contributed by atoms with Crippen molar-refractivity contribution >= 4 is 12.0 Å². The Morgan fingerprint density at radius 1 is 1.39 bits per heavy atom. The number of nitrogens with zero attached hydrogens (tertiary/aromatic N) is 1. The van der Waals surface area contributed by atoms with Crippen LogP contribution in [0.5, 0.6) is 0 Å². The summed E-state index contributed by atoms with van der Waals surface area (Å²) in [5.41, 5.74) is 1.10. The van der Waals surface area contributed by atoms with Gasteiger partial charge in [0.05, 0.1) is 6.04 Å². The molecule has 1 aliphatic heterocycles. The third-order valence-electron chi connectivity index (χ3n) is 3.01. The lowest BCUT2D eigenvalue weighted by Crippen LogP contribution is -2.42. The van der Waals surface area contributed by atoms with Crippen molar-refractivity contribution in [2.45, 2.75) is 26.3 Å². The number of hydrogen-bond donors (Lipinski definition) is 0. The summed E-state index contributed by atoms with van der Waals surface area (Å²) < 4.78 is 4.99. The molecule has 1 heterocycles. The van der Waals surface area contributed by atoms with Crippen LogP contribution >= 0.6 is 0 Å². The van der Waals surface area contributed by atoms with E-state index in [0.29, 0.717) is 6.42 Å². The van der Waals surface area contributed by atoms with Gasteiger partial charge in [0.25, 0.3) is 0 Å². The van der Waals surface area contributed by atoms with Crippen LogP contribution in [0.2, 0.25) is 0 Å². The Kier molecular flexibility index (Phi) is 3.65. The van der Waals surface area contributed by atoms with E-state index in [-0.39, 0.29) is 24.5 Å². The van der Waals surface area contributed by atoms with Gasteiger partial charge in [-0.15, -0.1) is 0 Å². The molecule has 0 aliphatic carbocycles. The molecule has 4 nitrogen and oxygen atoms in total. The number of rotatable bonds is 3. The molecule has 4 heteroatoms. The zero-order valence-electron chi connectivity index (χ0n) is 10.6. The zero-order valence-corrected chi connectivity index (χ0v) is 10.6. The minimum atomic E-state index is -0.519. The average Bonchev–Trinajstić information content (AvgIpc) is 2.71. The smallest absolute Gasteiger partial charge is 0.416 e. The maximum absolute atomic E-state index is 12.0. The van der Waals surface area contributed by atoms with Gasteiger partial charge in [-0.25, -0.2) is 9.69 Å². The number of amides is 2. The molecule has 0 saturated carbocycles. The van der Waals surface area contributed by atoms with E-state index in [1.54, 1.807) is 13.8 Å². The lowest BCUT2D eigenvalue weighted by molar-refractivity contribution is -0.132. The number of imide groups is 1. The summed E-state index contributed by atoms with van der Waals surface area (Å²) in [4.78, 5) is 24.8. The van der Waals surface area contributed by atoms with Gasteiger partial charge in [0, 0.05) is 5.92 Å². The van der Waals surface area contributed by atoms with Crippen molar-refractivity contribution < 1.29 is 14.3 Å². The van der Waals surface area contributed by atoms with Gasteiger partial charge in [-0.05, 0) is 12.0 Å². The van der Waals surface area contributed by atoms with Crippen molar-refractivity contribution in [1.82, 2.24) is 4.90 Å². The van der Waals surface area contributed by atoms with Crippen LogP contribution in [0.3, 0.4) is 0 Å². The maximum atomic E-state index is 12.0. The fourth-order valence-corrected chi connectivity index (χ4v) is 2.05. The molecule has 0 unspecified atom stereocenters. The summed E-state index contributed by atoms with van der Waals surface area (Å²) in [6.45, 7) is 3.85. The van der Waals surface area contributed by atoms with Gasteiger partial charge in [0.1, 0.15) is 6.61 Å². The molecular weight excluding hydrogens is 231 g/mol. The van der Waals surface area contributed by atoms with Gasteiger partial charge in [-0.1, -0.05) is 44.2 Å². The highest BCUT2D eigenvalue weighted by Gasteiger charge is 2.38. The highest BCUT2D eigenvalue weighted by Crippen LogP contribution is 2.19. The van der Waals surface area contributed by atoms with Crippen LogP contribution in [0, 0.1) is 5.92 Å². The molecule has 18 heavy (non-hydrogen) atoms. The molecule has 1 aliphatic rings. The monoisotopic (exact) mass is 248 g/mol. The van der Waals surface area contributed by atoms with Crippen molar-refractivity contribution in [2.24, 2.45) is 5.92 Å². The summed E-state index contributed by atoms with van der Waals surface area (Å²) in [6, 6.07) is 9.62. The molecule has 0 aromatic heterocycles. The zero-order chi connectivity index (χ0) is 13.1. The Bertz CT molecular complexity index is 442. The molecule has 0 N–H and O–H groups in total. The fourth-order valence-electron chi connectivity index (χ4n) is 2.05. The molecule has 1 saturated heterocycles. The number of benzene rings is 1. The van der Waals surface area contributed by atoms with E-state index >= 15 is 0 Å². The van der Waals surface area contributed by atoms with E-state index in [0.717, 1.165) is 5.56 Å². The number of hydrogen-bond acceptors (Lipinski definition) is 3. The van der Waals surface area contributed by atoms with Crippen molar-refractivity contribution in [3.8, 4) is 0 Å². The summed E-state index contributed by atoms with van der Waals surface area (Å²) in [7, 11) is 0. The Labute approximate surface area is 107 Å². The van der Waals surface area contributed by atoms with Crippen molar-refractivity contribution in [3.63, 3.8) is 0 Å². The summed E-state index contributed by atoms with van der Waals surface area (Å²) in [5, 5.41) is 0. The van der Waals surface area contributed by atoms with Crippen molar-refractivity contribution in [1.29, 1.82) is 0 Å². The second kappa shape index (κ2) is 5.21. The van der Waals surface area contributed by atoms with E-state index in [2.05, 4.69) is 0 Å². The Balaban J connectivity index is 2.12. The molecule has 0 spiro atoms. The Morgan fingerprint density at radius 3 is 2.67 bits per heavy atom. The molecular formula is C14H17NO3. The molecule has 2 amide bonds. The van der Waals surface area contributed by atoms with Crippen molar-refractivity contribution in [3.05, 3.63) is 35.9 Å². The first-order chi connectivity index (χ1) is 8.59. The molecule has 96 valence electrons. The van der Waals surface area contributed by atoms with Crippen molar-refractivity contribution in [2.75, 3.05) is 6.61 Å². The van der Waals surface area contributed by atoms with Crippen LogP contribution in [0.1, 0.15) is 19.4 Å². The third-order valence-corrected chi connectivity index (χ3v) is 3.01. The summed E-state index contributed by atoms with van der Waals surface area (Å²) in [6.07, 6.45) is 0.125. The molecule has 0 radical (unpaired) electrons. The second-order valence-electron chi connectivity index (χ2n) is 4.78. The molecule has 0 bridgehead atoms. The van der Waals surface area contributed by atoms with Crippen LogP contribution in [0.25, 0.3) is 0 Å². The number of carbonyl (C=O) groups is 2. The van der Waals surface area contributed by atoms with E-state index in [4.69, 9.17) is 4.74 Å². The molecule has 2 rings (SSSR count). The highest BCUT2D eigenvalue weighted by molar-refractivity contribution is 5.94. The van der Waals surface area contributed by atoms with Crippen LogP contribution in [-0.4, -0.2) is 29.5 Å². The third kappa shape index (κ3) is 2.53. The molecule has 1 aromatic rings. The van der Waals surface area contributed by atoms with Crippen LogP contribution in [-0.2, 0) is 16.0 Å². The largest absolute Gasteiger partial charge is 0.447 e. The van der Waals surface area contributed by atoms with Crippen LogP contribution in [0.15, 0.2) is 30.3 Å². The second-order valence-corrected chi connectivity index (χ2v) is 4.78. The van der Waals surface area contributed by atoms with Gasteiger partial charge in [-0.3, -0.25) is 4.79 Å². The van der Waals surface area contributed by atoms with Crippen LogP contribution < -0.4 is 0 Å². The predicted octanol–water partition coefficient (Wildman–Crippen LogP) is 2.23. The highest BCUT2D eigenvalue weighted by atomic mass is 16.6. The molecule has 1 fully saturated rings. The Morgan fingerprint density at radius 2 is 2.06 bits per heavy atom.